The minimum Gasteiger partial charge on any atom is -0.336 e. The summed E-state index contributed by atoms with van der Waals surface area (Å²) < 4.78 is 0. The fourth-order valence-corrected chi connectivity index (χ4v) is 4.55. The largest absolute Gasteiger partial charge is 0.336 e. The Labute approximate surface area is 175 Å². The normalized spacial score (nSPS) is 19.4. The second kappa shape index (κ2) is 9.55. The molecule has 4 heteroatoms. The predicted octanol–water partition coefficient (Wildman–Crippen LogP) is 3.53. The molecule has 2 saturated heterocycles. The van der Waals surface area contributed by atoms with Crippen LogP contribution < -0.4 is 0 Å². The number of likely N-dealkylation sites (N-methyl/N-ethyl adjacent to an activating group) is 1. The predicted molar refractivity (Wildman–Crippen MR) is 118 cm³/mol. The Morgan fingerprint density at radius 1 is 0.862 bits per heavy atom. The molecule has 0 aliphatic carbocycles. The van der Waals surface area contributed by atoms with Crippen LogP contribution in [0.4, 0.5) is 0 Å². The van der Waals surface area contributed by atoms with Crippen LogP contribution in [0, 0.1) is 5.92 Å². The number of piperidine rings is 1. The molecule has 2 aromatic rings. The lowest BCUT2D eigenvalue weighted by molar-refractivity contribution is 0.0664. The highest BCUT2D eigenvalue weighted by Gasteiger charge is 2.22. The smallest absolute Gasteiger partial charge is 0.253 e. The highest BCUT2D eigenvalue weighted by Crippen LogP contribution is 2.23. The minimum atomic E-state index is 0.182. The molecule has 0 N–H and O–H groups in total. The average molecular weight is 392 g/mol. The molecule has 0 radical (unpaired) electrons. The third-order valence-electron chi connectivity index (χ3n) is 6.44. The number of nitrogens with zero attached hydrogens (tertiary/aromatic N) is 3. The van der Waals surface area contributed by atoms with Crippen LogP contribution in [0.15, 0.2) is 54.6 Å². The van der Waals surface area contributed by atoms with Crippen molar-refractivity contribution in [2.45, 2.75) is 25.8 Å². The first-order valence-corrected chi connectivity index (χ1v) is 11.0. The van der Waals surface area contributed by atoms with Crippen molar-refractivity contribution < 1.29 is 4.79 Å². The van der Waals surface area contributed by atoms with E-state index in [0.29, 0.717) is 0 Å². The van der Waals surface area contributed by atoms with Gasteiger partial charge in [0.25, 0.3) is 5.91 Å². The number of carbonyl (C=O) groups is 1. The summed E-state index contributed by atoms with van der Waals surface area (Å²) in [6, 6.07) is 19.1. The van der Waals surface area contributed by atoms with Crippen LogP contribution in [0.3, 0.4) is 0 Å². The Balaban J connectivity index is 1.29. The van der Waals surface area contributed by atoms with Gasteiger partial charge in [-0.25, -0.2) is 0 Å². The molecule has 2 fully saturated rings. The summed E-state index contributed by atoms with van der Waals surface area (Å²) in [6.07, 6.45) is 3.72. The highest BCUT2D eigenvalue weighted by atomic mass is 16.2. The maximum atomic E-state index is 12.9. The van der Waals surface area contributed by atoms with Crippen LogP contribution in [0.25, 0.3) is 0 Å². The van der Waals surface area contributed by atoms with Crippen LogP contribution in [0.5, 0.6) is 0 Å². The van der Waals surface area contributed by atoms with Crippen LogP contribution in [0.2, 0.25) is 0 Å². The van der Waals surface area contributed by atoms with E-state index >= 15 is 0 Å². The molecule has 0 aromatic heterocycles. The first-order valence-electron chi connectivity index (χ1n) is 11.0. The van der Waals surface area contributed by atoms with Gasteiger partial charge in [-0.05, 0) is 68.6 Å². The molecule has 0 unspecified atom stereocenters. The van der Waals surface area contributed by atoms with Crippen molar-refractivity contribution in [2.75, 3.05) is 46.3 Å². The molecule has 2 heterocycles. The van der Waals surface area contributed by atoms with Crippen LogP contribution in [0.1, 0.15) is 34.3 Å². The van der Waals surface area contributed by atoms with Crippen molar-refractivity contribution in [2.24, 2.45) is 5.92 Å². The maximum Gasteiger partial charge on any atom is 0.253 e. The summed E-state index contributed by atoms with van der Waals surface area (Å²) in [6.45, 7) is 6.82. The number of benzene rings is 2. The summed E-state index contributed by atoms with van der Waals surface area (Å²) >= 11 is 0. The quantitative estimate of drug-likeness (QED) is 0.780. The average Bonchev–Trinajstić information content (AvgIpc) is 2.76. The monoisotopic (exact) mass is 391 g/mol. The number of rotatable bonds is 5. The molecular formula is C25H33N3O. The van der Waals surface area contributed by atoms with E-state index in [2.05, 4.69) is 59.3 Å². The zero-order chi connectivity index (χ0) is 20.1. The molecule has 4 rings (SSSR count). The van der Waals surface area contributed by atoms with Gasteiger partial charge in [0, 0.05) is 38.3 Å². The SMILES string of the molecule is CN1CCN(C(=O)c2cccc(CN3CCC(Cc4ccccc4)CC3)c2)CC1. The summed E-state index contributed by atoms with van der Waals surface area (Å²) in [7, 11) is 2.12. The van der Waals surface area contributed by atoms with Crippen molar-refractivity contribution in [1.82, 2.24) is 14.7 Å². The fraction of sp³-hybridized carbons (Fsp3) is 0.480. The van der Waals surface area contributed by atoms with Gasteiger partial charge < -0.3 is 9.80 Å². The molecule has 2 aliphatic heterocycles. The lowest BCUT2D eigenvalue weighted by Crippen LogP contribution is -2.47. The van der Waals surface area contributed by atoms with E-state index in [1.807, 2.05) is 17.0 Å². The number of likely N-dealkylation sites (tertiary alicyclic amines) is 1. The highest BCUT2D eigenvalue weighted by molar-refractivity contribution is 5.94. The van der Waals surface area contributed by atoms with Crippen molar-refractivity contribution in [1.29, 1.82) is 0 Å². The van der Waals surface area contributed by atoms with Gasteiger partial charge in [0.1, 0.15) is 0 Å². The molecule has 29 heavy (non-hydrogen) atoms. The molecule has 0 bridgehead atoms. The standard InChI is InChI=1S/C25H33N3O/c1-26-14-16-28(17-15-26)25(29)24-9-5-8-23(19-24)20-27-12-10-22(11-13-27)18-21-6-3-2-4-7-21/h2-9,19,22H,10-18,20H2,1H3. The second-order valence-corrected chi connectivity index (χ2v) is 8.71. The zero-order valence-corrected chi connectivity index (χ0v) is 17.6. The van der Waals surface area contributed by atoms with E-state index in [4.69, 9.17) is 0 Å². The zero-order valence-electron chi connectivity index (χ0n) is 17.6. The Kier molecular flexibility index (Phi) is 6.63. The number of amides is 1. The lowest BCUT2D eigenvalue weighted by Gasteiger charge is -2.33. The van der Waals surface area contributed by atoms with Gasteiger partial charge >= 0.3 is 0 Å². The van der Waals surface area contributed by atoms with Gasteiger partial charge in [-0.3, -0.25) is 9.69 Å². The van der Waals surface area contributed by atoms with Gasteiger partial charge in [0.2, 0.25) is 0 Å². The van der Waals surface area contributed by atoms with Gasteiger partial charge in [0.15, 0.2) is 0 Å². The van der Waals surface area contributed by atoms with Gasteiger partial charge in [-0.15, -0.1) is 0 Å². The van der Waals surface area contributed by atoms with Gasteiger partial charge in [-0.1, -0.05) is 42.5 Å². The molecule has 4 nitrogen and oxygen atoms in total. The molecule has 0 saturated carbocycles. The summed E-state index contributed by atoms with van der Waals surface area (Å²) in [4.78, 5) is 19.7. The molecule has 1 amide bonds. The number of hydrogen-bond acceptors (Lipinski definition) is 3. The van der Waals surface area contributed by atoms with Crippen LogP contribution in [-0.4, -0.2) is 66.9 Å². The molecule has 0 spiro atoms. The van der Waals surface area contributed by atoms with E-state index in [0.717, 1.165) is 57.3 Å². The Morgan fingerprint density at radius 3 is 2.28 bits per heavy atom. The molecule has 2 aromatic carbocycles. The fourth-order valence-electron chi connectivity index (χ4n) is 4.55. The number of piperazine rings is 1. The van der Waals surface area contributed by atoms with Crippen molar-refractivity contribution in [3.8, 4) is 0 Å². The van der Waals surface area contributed by atoms with Crippen molar-refractivity contribution >= 4 is 5.91 Å². The summed E-state index contributed by atoms with van der Waals surface area (Å²) in [5.41, 5.74) is 3.55. The summed E-state index contributed by atoms with van der Waals surface area (Å²) in [5, 5.41) is 0. The molecule has 154 valence electrons. The second-order valence-electron chi connectivity index (χ2n) is 8.71. The first-order chi connectivity index (χ1) is 14.2. The first kappa shape index (κ1) is 20.1. The van der Waals surface area contributed by atoms with Gasteiger partial charge in [-0.2, -0.15) is 0 Å². The molecular weight excluding hydrogens is 358 g/mol. The summed E-state index contributed by atoms with van der Waals surface area (Å²) in [5.74, 6) is 0.973. The minimum absolute atomic E-state index is 0.182. The molecule has 0 atom stereocenters. The Bertz CT molecular complexity index is 791. The Hall–Kier alpha value is -2.17. The molecule has 2 aliphatic rings. The van der Waals surface area contributed by atoms with E-state index in [-0.39, 0.29) is 5.91 Å². The lowest BCUT2D eigenvalue weighted by atomic mass is 9.90. The topological polar surface area (TPSA) is 26.8 Å². The number of carbonyl (C=O) groups excluding carboxylic acids is 1. The van der Waals surface area contributed by atoms with E-state index in [9.17, 15) is 4.79 Å². The Morgan fingerprint density at radius 2 is 1.55 bits per heavy atom. The van der Waals surface area contributed by atoms with Crippen molar-refractivity contribution in [3.63, 3.8) is 0 Å². The maximum absolute atomic E-state index is 12.9. The van der Waals surface area contributed by atoms with E-state index < -0.39 is 0 Å². The van der Waals surface area contributed by atoms with E-state index in [1.54, 1.807) is 0 Å². The van der Waals surface area contributed by atoms with E-state index in [1.165, 1.54) is 30.4 Å². The third kappa shape index (κ3) is 5.46. The van der Waals surface area contributed by atoms with Gasteiger partial charge in [0.05, 0.1) is 0 Å². The van der Waals surface area contributed by atoms with Crippen LogP contribution in [-0.2, 0) is 13.0 Å². The van der Waals surface area contributed by atoms with Crippen molar-refractivity contribution in [3.05, 3.63) is 71.3 Å². The number of hydrogen-bond donors (Lipinski definition) is 0. The third-order valence-corrected chi connectivity index (χ3v) is 6.44. The van der Waals surface area contributed by atoms with Crippen LogP contribution >= 0.6 is 0 Å².